The van der Waals surface area contributed by atoms with E-state index in [1.807, 2.05) is 35.8 Å². The highest BCUT2D eigenvalue weighted by Gasteiger charge is 2.26. The summed E-state index contributed by atoms with van der Waals surface area (Å²) in [5, 5.41) is 37.6. The fourth-order valence-electron chi connectivity index (χ4n) is 3.94. The van der Waals surface area contributed by atoms with Crippen LogP contribution in [0.2, 0.25) is 0 Å². The molecule has 0 unspecified atom stereocenters. The lowest BCUT2D eigenvalue weighted by Crippen LogP contribution is -2.20. The highest BCUT2D eigenvalue weighted by Crippen LogP contribution is 2.31. The van der Waals surface area contributed by atoms with Crippen molar-refractivity contribution in [3.05, 3.63) is 105 Å². The Balaban J connectivity index is 1.62. The molecule has 1 aliphatic heterocycles. The van der Waals surface area contributed by atoms with Crippen LogP contribution in [-0.2, 0) is 6.54 Å². The van der Waals surface area contributed by atoms with E-state index in [9.17, 15) is 14.9 Å². The van der Waals surface area contributed by atoms with Crippen molar-refractivity contribution in [2.75, 3.05) is 10.3 Å². The van der Waals surface area contributed by atoms with E-state index < -0.39 is 11.0 Å². The number of nitrogens with one attached hydrogen (secondary N) is 1. The fourth-order valence-corrected chi connectivity index (χ4v) is 3.94. The van der Waals surface area contributed by atoms with E-state index in [0.717, 1.165) is 22.4 Å². The van der Waals surface area contributed by atoms with Gasteiger partial charge in [0.2, 0.25) is 0 Å². The SMILES string of the molecule is Cc1nnc2n1-c1ccccc1C(c1ccc(NC(=O)O)cc1)=NN2Cc1ccc([N+](=O)[O-])cc1. The normalized spacial score (nSPS) is 12.3. The molecule has 0 fully saturated rings. The van der Waals surface area contributed by atoms with Gasteiger partial charge >= 0.3 is 6.09 Å². The van der Waals surface area contributed by atoms with Crippen molar-refractivity contribution in [1.82, 2.24) is 14.8 Å². The van der Waals surface area contributed by atoms with Gasteiger partial charge in [-0.15, -0.1) is 10.2 Å². The van der Waals surface area contributed by atoms with Crippen LogP contribution in [0.4, 0.5) is 22.1 Å². The Morgan fingerprint density at radius 1 is 1.03 bits per heavy atom. The van der Waals surface area contributed by atoms with E-state index >= 15 is 0 Å². The van der Waals surface area contributed by atoms with Gasteiger partial charge in [0.05, 0.1) is 17.2 Å². The van der Waals surface area contributed by atoms with Crippen LogP contribution in [0.3, 0.4) is 0 Å². The molecule has 174 valence electrons. The highest BCUT2D eigenvalue weighted by molar-refractivity contribution is 6.15. The van der Waals surface area contributed by atoms with Crippen LogP contribution < -0.4 is 10.3 Å². The van der Waals surface area contributed by atoms with Gasteiger partial charge in [0, 0.05) is 28.9 Å². The molecule has 0 saturated heterocycles. The van der Waals surface area contributed by atoms with E-state index in [2.05, 4.69) is 15.5 Å². The van der Waals surface area contributed by atoms with Crippen LogP contribution in [0, 0.1) is 17.0 Å². The average Bonchev–Trinajstić information content (AvgIpc) is 3.17. The minimum atomic E-state index is -1.14. The molecule has 35 heavy (non-hydrogen) atoms. The molecule has 0 atom stereocenters. The van der Waals surface area contributed by atoms with Crippen LogP contribution in [0.25, 0.3) is 5.69 Å². The number of hydrogen-bond acceptors (Lipinski definition) is 7. The number of para-hydroxylation sites is 1. The zero-order valence-corrected chi connectivity index (χ0v) is 18.5. The summed E-state index contributed by atoms with van der Waals surface area (Å²) < 4.78 is 1.91. The van der Waals surface area contributed by atoms with Crippen LogP contribution in [0.15, 0.2) is 77.9 Å². The summed E-state index contributed by atoms with van der Waals surface area (Å²) in [6.45, 7) is 2.15. The molecule has 3 aromatic carbocycles. The first-order valence-corrected chi connectivity index (χ1v) is 10.6. The molecule has 1 amide bonds. The number of nitro groups is 1. The van der Waals surface area contributed by atoms with E-state index in [1.54, 1.807) is 41.4 Å². The Kier molecular flexibility index (Phi) is 5.41. The highest BCUT2D eigenvalue weighted by atomic mass is 16.6. The summed E-state index contributed by atoms with van der Waals surface area (Å²) in [5.41, 5.74) is 4.39. The van der Waals surface area contributed by atoms with Gasteiger partial charge in [-0.3, -0.25) is 20.0 Å². The van der Waals surface area contributed by atoms with Gasteiger partial charge in [0.1, 0.15) is 11.5 Å². The van der Waals surface area contributed by atoms with Gasteiger partial charge in [-0.05, 0) is 30.7 Å². The van der Waals surface area contributed by atoms with E-state index in [4.69, 9.17) is 10.2 Å². The number of non-ortho nitro benzene ring substituents is 1. The smallest absolute Gasteiger partial charge is 0.409 e. The third-order valence-electron chi connectivity index (χ3n) is 5.55. The summed E-state index contributed by atoms with van der Waals surface area (Å²) >= 11 is 0. The molecule has 0 aliphatic carbocycles. The third kappa shape index (κ3) is 4.17. The van der Waals surface area contributed by atoms with Crippen molar-refractivity contribution in [3.8, 4) is 5.69 Å². The summed E-state index contributed by atoms with van der Waals surface area (Å²) in [4.78, 5) is 21.6. The predicted octanol–water partition coefficient (Wildman–Crippen LogP) is 4.35. The minimum absolute atomic E-state index is 0.00952. The molecule has 0 bridgehead atoms. The Morgan fingerprint density at radius 3 is 2.43 bits per heavy atom. The molecule has 5 rings (SSSR count). The Hall–Kier alpha value is -5.06. The number of aryl methyl sites for hydroxylation is 1. The molecule has 4 aromatic rings. The zero-order valence-electron chi connectivity index (χ0n) is 18.5. The van der Waals surface area contributed by atoms with Crippen molar-refractivity contribution in [2.24, 2.45) is 5.10 Å². The number of nitrogens with zero attached hydrogens (tertiary/aromatic N) is 6. The molecule has 0 spiro atoms. The lowest BCUT2D eigenvalue weighted by atomic mass is 10.0. The molecule has 11 heteroatoms. The van der Waals surface area contributed by atoms with E-state index in [-0.39, 0.29) is 5.69 Å². The second-order valence-electron chi connectivity index (χ2n) is 7.84. The summed E-state index contributed by atoms with van der Waals surface area (Å²) in [7, 11) is 0. The van der Waals surface area contributed by atoms with Gasteiger partial charge in [-0.1, -0.05) is 42.5 Å². The second-order valence-corrected chi connectivity index (χ2v) is 7.84. The van der Waals surface area contributed by atoms with Crippen molar-refractivity contribution in [2.45, 2.75) is 13.5 Å². The fraction of sp³-hybridized carbons (Fsp3) is 0.0833. The van der Waals surface area contributed by atoms with Crippen LogP contribution in [0.5, 0.6) is 0 Å². The largest absolute Gasteiger partial charge is 0.465 e. The Morgan fingerprint density at radius 2 is 1.74 bits per heavy atom. The molecule has 1 aliphatic rings. The van der Waals surface area contributed by atoms with E-state index in [1.165, 1.54) is 12.1 Å². The summed E-state index contributed by atoms with van der Waals surface area (Å²) in [6.07, 6.45) is -1.14. The quantitative estimate of drug-likeness (QED) is 0.327. The number of rotatable bonds is 5. The zero-order chi connectivity index (χ0) is 24.5. The first-order chi connectivity index (χ1) is 16.9. The van der Waals surface area contributed by atoms with Crippen LogP contribution in [-0.4, -0.2) is 36.6 Å². The van der Waals surface area contributed by atoms with Crippen molar-refractivity contribution in [3.63, 3.8) is 0 Å². The molecule has 11 nitrogen and oxygen atoms in total. The summed E-state index contributed by atoms with van der Waals surface area (Å²) in [5.74, 6) is 1.19. The maximum absolute atomic E-state index is 11.0. The molecule has 2 N–H and O–H groups in total. The number of nitro benzene ring substituents is 1. The van der Waals surface area contributed by atoms with Crippen molar-refractivity contribution in [1.29, 1.82) is 0 Å². The number of hydrazone groups is 1. The number of anilines is 2. The van der Waals surface area contributed by atoms with E-state index in [0.29, 0.717) is 29.7 Å². The number of amides is 1. The number of fused-ring (bicyclic) bond motifs is 3. The van der Waals surface area contributed by atoms with Crippen molar-refractivity contribution >= 4 is 29.1 Å². The Bertz CT molecular complexity index is 1460. The van der Waals surface area contributed by atoms with Gasteiger partial charge < -0.3 is 5.11 Å². The number of carbonyl (C=O) groups is 1. The van der Waals surface area contributed by atoms with Gasteiger partial charge in [0.25, 0.3) is 11.6 Å². The number of benzene rings is 3. The molecule has 0 saturated carbocycles. The topological polar surface area (TPSA) is 139 Å². The standard InChI is InChI=1S/C24H19N7O4/c1-15-26-27-23-29(14-16-6-12-19(13-7-16)31(34)35)28-22(20-4-2-3-5-21(20)30(15)23)17-8-10-18(11-9-17)25-24(32)33/h2-13,25H,14H2,1H3,(H,32,33). The summed E-state index contributed by atoms with van der Waals surface area (Å²) in [6, 6.07) is 21.0. The maximum atomic E-state index is 11.0. The molecular formula is C24H19N7O4. The average molecular weight is 469 g/mol. The van der Waals surface area contributed by atoms with Gasteiger partial charge in [-0.2, -0.15) is 5.10 Å². The number of carboxylic acid groups (broad SMARTS) is 1. The first kappa shape index (κ1) is 21.8. The monoisotopic (exact) mass is 469 g/mol. The predicted molar refractivity (Wildman–Crippen MR) is 129 cm³/mol. The lowest BCUT2D eigenvalue weighted by Gasteiger charge is -2.18. The van der Waals surface area contributed by atoms with Crippen LogP contribution in [0.1, 0.15) is 22.5 Å². The molecular weight excluding hydrogens is 450 g/mol. The third-order valence-corrected chi connectivity index (χ3v) is 5.55. The van der Waals surface area contributed by atoms with Crippen LogP contribution >= 0.6 is 0 Å². The Labute approximate surface area is 199 Å². The first-order valence-electron chi connectivity index (χ1n) is 10.6. The molecule has 1 aromatic heterocycles. The maximum Gasteiger partial charge on any atom is 0.409 e. The second kappa shape index (κ2) is 8.71. The lowest BCUT2D eigenvalue weighted by molar-refractivity contribution is -0.384. The molecule has 0 radical (unpaired) electrons. The number of hydrogen-bond donors (Lipinski definition) is 2. The van der Waals surface area contributed by atoms with Gasteiger partial charge in [0.15, 0.2) is 0 Å². The number of aromatic nitrogens is 3. The minimum Gasteiger partial charge on any atom is -0.465 e. The van der Waals surface area contributed by atoms with Crippen molar-refractivity contribution < 1.29 is 14.8 Å². The van der Waals surface area contributed by atoms with Gasteiger partial charge in [-0.25, -0.2) is 9.80 Å². The molecule has 2 heterocycles.